The van der Waals surface area contributed by atoms with Crippen LogP contribution >= 0.6 is 0 Å². The number of likely N-dealkylation sites (tertiary alicyclic amines) is 1. The molecular weight excluding hydrogens is 192 g/mol. The number of hydrogen-bond acceptors (Lipinski definition) is 3. The van der Waals surface area contributed by atoms with Crippen LogP contribution in [0.15, 0.2) is 0 Å². The van der Waals surface area contributed by atoms with Crippen molar-refractivity contribution in [3.05, 3.63) is 0 Å². The minimum atomic E-state index is 0.102. The van der Waals surface area contributed by atoms with Gasteiger partial charge in [0.15, 0.2) is 0 Å². The minimum Gasteiger partial charge on any atom is -0.381 e. The third-order valence-electron chi connectivity index (χ3n) is 3.64. The van der Waals surface area contributed by atoms with E-state index < -0.39 is 0 Å². The molecule has 2 aliphatic rings. The molecule has 0 bridgehead atoms. The van der Waals surface area contributed by atoms with Crippen molar-refractivity contribution < 1.29 is 9.53 Å². The van der Waals surface area contributed by atoms with Gasteiger partial charge in [-0.25, -0.2) is 0 Å². The van der Waals surface area contributed by atoms with E-state index >= 15 is 0 Å². The lowest BCUT2D eigenvalue weighted by Gasteiger charge is -2.24. The molecule has 2 saturated heterocycles. The topological polar surface area (TPSA) is 55.6 Å². The van der Waals surface area contributed by atoms with E-state index in [1.54, 1.807) is 0 Å². The van der Waals surface area contributed by atoms with Crippen LogP contribution in [0.2, 0.25) is 0 Å². The Hall–Kier alpha value is -0.610. The van der Waals surface area contributed by atoms with Crippen molar-refractivity contribution in [2.45, 2.75) is 19.8 Å². The van der Waals surface area contributed by atoms with Crippen LogP contribution < -0.4 is 5.73 Å². The van der Waals surface area contributed by atoms with Gasteiger partial charge in [-0.2, -0.15) is 0 Å². The lowest BCUT2D eigenvalue weighted by atomic mass is 9.90. The second-order valence-electron chi connectivity index (χ2n) is 5.09. The summed E-state index contributed by atoms with van der Waals surface area (Å²) in [4.78, 5) is 14.0. The summed E-state index contributed by atoms with van der Waals surface area (Å²) >= 11 is 0. The van der Waals surface area contributed by atoms with Crippen LogP contribution in [-0.2, 0) is 9.53 Å². The number of carbonyl (C=O) groups is 1. The molecule has 86 valence electrons. The summed E-state index contributed by atoms with van der Waals surface area (Å²) in [5.74, 6) is 0.370. The molecule has 2 N–H and O–H groups in total. The quantitative estimate of drug-likeness (QED) is 0.712. The summed E-state index contributed by atoms with van der Waals surface area (Å²) in [7, 11) is 0. The zero-order valence-electron chi connectivity index (χ0n) is 9.37. The lowest BCUT2D eigenvalue weighted by molar-refractivity contribution is -0.134. The van der Waals surface area contributed by atoms with E-state index in [1.165, 1.54) is 0 Å². The van der Waals surface area contributed by atoms with E-state index in [9.17, 15) is 4.79 Å². The molecule has 2 rings (SSSR count). The third kappa shape index (κ3) is 2.16. The molecule has 4 heteroatoms. The third-order valence-corrected chi connectivity index (χ3v) is 3.64. The standard InChI is InChI=1S/C11H20N2O2/c1-11(7-12)3-4-13(8-11)10(14)9-2-5-15-6-9/h9H,2-8,12H2,1H3. The van der Waals surface area contributed by atoms with Gasteiger partial charge in [-0.15, -0.1) is 0 Å². The van der Waals surface area contributed by atoms with Gasteiger partial charge < -0.3 is 15.4 Å². The number of carbonyl (C=O) groups excluding carboxylic acids is 1. The highest BCUT2D eigenvalue weighted by Crippen LogP contribution is 2.30. The average molecular weight is 212 g/mol. The van der Waals surface area contributed by atoms with Crippen LogP contribution in [0.4, 0.5) is 0 Å². The Bertz CT molecular complexity index is 251. The van der Waals surface area contributed by atoms with Gasteiger partial charge in [0, 0.05) is 19.7 Å². The van der Waals surface area contributed by atoms with Crippen LogP contribution in [0.1, 0.15) is 19.8 Å². The van der Waals surface area contributed by atoms with Crippen LogP contribution in [0.5, 0.6) is 0 Å². The van der Waals surface area contributed by atoms with Crippen molar-refractivity contribution in [1.82, 2.24) is 4.90 Å². The molecule has 2 fully saturated rings. The number of nitrogens with zero attached hydrogens (tertiary/aromatic N) is 1. The fourth-order valence-electron chi connectivity index (χ4n) is 2.37. The predicted molar refractivity (Wildman–Crippen MR) is 57.3 cm³/mol. The van der Waals surface area contributed by atoms with Crippen LogP contribution in [0.3, 0.4) is 0 Å². The maximum atomic E-state index is 12.1. The first-order valence-corrected chi connectivity index (χ1v) is 5.71. The van der Waals surface area contributed by atoms with Crippen molar-refractivity contribution in [3.8, 4) is 0 Å². The highest BCUT2D eigenvalue weighted by molar-refractivity contribution is 5.79. The maximum absolute atomic E-state index is 12.1. The maximum Gasteiger partial charge on any atom is 0.228 e. The highest BCUT2D eigenvalue weighted by atomic mass is 16.5. The zero-order valence-corrected chi connectivity index (χ0v) is 9.37. The van der Waals surface area contributed by atoms with E-state index in [0.717, 1.165) is 32.5 Å². The molecule has 15 heavy (non-hydrogen) atoms. The first-order valence-electron chi connectivity index (χ1n) is 5.71. The van der Waals surface area contributed by atoms with Crippen molar-refractivity contribution in [1.29, 1.82) is 0 Å². The number of hydrogen-bond donors (Lipinski definition) is 1. The van der Waals surface area contributed by atoms with Gasteiger partial charge in [0.05, 0.1) is 12.5 Å². The summed E-state index contributed by atoms with van der Waals surface area (Å²) in [6, 6.07) is 0. The largest absolute Gasteiger partial charge is 0.381 e. The van der Waals surface area contributed by atoms with Gasteiger partial charge in [-0.1, -0.05) is 6.92 Å². The van der Waals surface area contributed by atoms with E-state index in [2.05, 4.69) is 6.92 Å². The molecule has 0 spiro atoms. The molecule has 2 atom stereocenters. The Labute approximate surface area is 90.8 Å². The van der Waals surface area contributed by atoms with Crippen molar-refractivity contribution >= 4 is 5.91 Å². The Morgan fingerprint density at radius 1 is 1.67 bits per heavy atom. The molecule has 0 saturated carbocycles. The Kier molecular flexibility index (Phi) is 2.98. The molecule has 0 aromatic rings. The first kappa shape index (κ1) is 10.9. The van der Waals surface area contributed by atoms with Crippen LogP contribution in [0, 0.1) is 11.3 Å². The number of nitrogens with two attached hydrogens (primary N) is 1. The Morgan fingerprint density at radius 3 is 3.00 bits per heavy atom. The molecule has 0 aromatic heterocycles. The second-order valence-corrected chi connectivity index (χ2v) is 5.09. The molecule has 2 aliphatic heterocycles. The molecule has 1 amide bonds. The van der Waals surface area contributed by atoms with Gasteiger partial charge in [-0.05, 0) is 24.8 Å². The van der Waals surface area contributed by atoms with Crippen molar-refractivity contribution in [2.24, 2.45) is 17.1 Å². The first-order chi connectivity index (χ1) is 7.14. The Balaban J connectivity index is 1.92. The van der Waals surface area contributed by atoms with Gasteiger partial charge in [0.1, 0.15) is 0 Å². The normalized spacial score (nSPS) is 36.1. The molecule has 0 aliphatic carbocycles. The summed E-state index contributed by atoms with van der Waals surface area (Å²) in [5.41, 5.74) is 5.86. The Morgan fingerprint density at radius 2 is 2.47 bits per heavy atom. The second kappa shape index (κ2) is 4.10. The van der Waals surface area contributed by atoms with Gasteiger partial charge >= 0.3 is 0 Å². The average Bonchev–Trinajstić information content (AvgIpc) is 2.86. The molecule has 2 heterocycles. The summed E-state index contributed by atoms with van der Waals surface area (Å²) in [5, 5.41) is 0. The summed E-state index contributed by atoms with van der Waals surface area (Å²) < 4.78 is 5.24. The van der Waals surface area contributed by atoms with E-state index in [-0.39, 0.29) is 17.2 Å². The molecule has 4 nitrogen and oxygen atoms in total. The predicted octanol–water partition coefficient (Wildman–Crippen LogP) is 0.220. The highest BCUT2D eigenvalue weighted by Gasteiger charge is 2.37. The van der Waals surface area contributed by atoms with Crippen LogP contribution in [-0.4, -0.2) is 43.7 Å². The van der Waals surface area contributed by atoms with Gasteiger partial charge in [-0.3, -0.25) is 4.79 Å². The van der Waals surface area contributed by atoms with Gasteiger partial charge in [0.25, 0.3) is 0 Å². The molecule has 0 aromatic carbocycles. The number of amides is 1. The monoisotopic (exact) mass is 212 g/mol. The van der Waals surface area contributed by atoms with E-state index in [0.29, 0.717) is 13.2 Å². The zero-order chi connectivity index (χ0) is 10.9. The SMILES string of the molecule is CC1(CN)CCN(C(=O)C2CCOC2)C1. The fraction of sp³-hybridized carbons (Fsp3) is 0.909. The van der Waals surface area contributed by atoms with Crippen LogP contribution in [0.25, 0.3) is 0 Å². The summed E-state index contributed by atoms with van der Waals surface area (Å²) in [6.07, 6.45) is 1.91. The van der Waals surface area contributed by atoms with Crippen molar-refractivity contribution in [2.75, 3.05) is 32.8 Å². The molecule has 2 unspecified atom stereocenters. The molecular formula is C11H20N2O2. The number of rotatable bonds is 2. The molecule has 0 radical (unpaired) electrons. The lowest BCUT2D eigenvalue weighted by Crippen LogP contribution is -2.38. The fourth-order valence-corrected chi connectivity index (χ4v) is 2.37. The van der Waals surface area contributed by atoms with Gasteiger partial charge in [0.2, 0.25) is 5.91 Å². The van der Waals surface area contributed by atoms with E-state index in [4.69, 9.17) is 10.5 Å². The smallest absolute Gasteiger partial charge is 0.228 e. The van der Waals surface area contributed by atoms with E-state index in [1.807, 2.05) is 4.90 Å². The summed E-state index contributed by atoms with van der Waals surface area (Å²) in [6.45, 7) is 5.85. The minimum absolute atomic E-state index is 0.102. The van der Waals surface area contributed by atoms with Crippen molar-refractivity contribution in [3.63, 3.8) is 0 Å². The number of ether oxygens (including phenoxy) is 1.